The molecule has 2 N–H and O–H groups in total. The molecule has 1 fully saturated rings. The second kappa shape index (κ2) is 11.4. The fraction of sp³-hybridized carbons (Fsp3) is 0.321. The maximum absolute atomic E-state index is 12.5. The minimum Gasteiger partial charge on any atom is -0.463 e. The monoisotopic (exact) mass is 514 g/mol. The number of carbonyl (C=O) groups excluding carboxylic acids is 2. The van der Waals surface area contributed by atoms with E-state index < -0.39 is 18.3 Å². The molecule has 1 saturated heterocycles. The van der Waals surface area contributed by atoms with Gasteiger partial charge in [0.2, 0.25) is 11.7 Å². The lowest BCUT2D eigenvalue weighted by Crippen LogP contribution is -2.34. The molecule has 0 bridgehead atoms. The molecule has 10 heteroatoms. The zero-order valence-electron chi connectivity index (χ0n) is 21.3. The van der Waals surface area contributed by atoms with Crippen LogP contribution >= 0.6 is 0 Å². The van der Waals surface area contributed by atoms with Crippen LogP contribution in [-0.4, -0.2) is 57.7 Å². The molecule has 1 aliphatic heterocycles. The Morgan fingerprint density at radius 2 is 1.74 bits per heavy atom. The van der Waals surface area contributed by atoms with Crippen LogP contribution in [0, 0.1) is 0 Å². The van der Waals surface area contributed by atoms with Gasteiger partial charge in [-0.25, -0.2) is 19.7 Å². The van der Waals surface area contributed by atoms with Crippen molar-refractivity contribution in [2.24, 2.45) is 0 Å². The first-order valence-electron chi connectivity index (χ1n) is 12.7. The number of amides is 1. The molecule has 38 heavy (non-hydrogen) atoms. The Bertz CT molecular complexity index is 1370. The summed E-state index contributed by atoms with van der Waals surface area (Å²) in [6.07, 6.45) is 1.81. The van der Waals surface area contributed by atoms with Crippen LogP contribution in [0.3, 0.4) is 0 Å². The Balaban J connectivity index is 1.47. The van der Waals surface area contributed by atoms with Gasteiger partial charge in [-0.15, -0.1) is 0 Å². The summed E-state index contributed by atoms with van der Waals surface area (Å²) in [4.78, 5) is 38.2. The lowest BCUT2D eigenvalue weighted by Gasteiger charge is -2.19. The molecule has 0 spiro atoms. The molecule has 10 nitrogen and oxygen atoms in total. The number of hydrogen-bond acceptors (Lipinski definition) is 8. The van der Waals surface area contributed by atoms with Gasteiger partial charge in [-0.05, 0) is 30.9 Å². The number of nitrogens with zero attached hydrogens (tertiary/aromatic N) is 4. The number of imidazole rings is 1. The first-order valence-corrected chi connectivity index (χ1v) is 12.7. The minimum atomic E-state index is -0.655. The first kappa shape index (κ1) is 25.3. The highest BCUT2D eigenvalue weighted by Gasteiger charge is 2.33. The summed E-state index contributed by atoms with van der Waals surface area (Å²) < 4.78 is 12.7. The Labute approximate surface area is 220 Å². The average Bonchev–Trinajstić information content (AvgIpc) is 3.61. The number of benzene rings is 2. The molecule has 5 rings (SSSR count). The van der Waals surface area contributed by atoms with Crippen LogP contribution < -0.4 is 10.6 Å². The van der Waals surface area contributed by atoms with E-state index in [4.69, 9.17) is 9.47 Å². The second-order valence-corrected chi connectivity index (χ2v) is 9.02. The van der Waals surface area contributed by atoms with Gasteiger partial charge in [0.05, 0.1) is 13.4 Å². The van der Waals surface area contributed by atoms with Crippen molar-refractivity contribution in [3.63, 3.8) is 0 Å². The molecule has 0 saturated carbocycles. The first-order chi connectivity index (χ1) is 18.6. The summed E-state index contributed by atoms with van der Waals surface area (Å²) in [5, 5.41) is 6.21. The maximum atomic E-state index is 12.5. The van der Waals surface area contributed by atoms with Gasteiger partial charge in [-0.3, -0.25) is 9.36 Å². The van der Waals surface area contributed by atoms with Crippen molar-refractivity contribution in [2.45, 2.75) is 38.0 Å². The van der Waals surface area contributed by atoms with Gasteiger partial charge in [0.25, 0.3) is 0 Å². The van der Waals surface area contributed by atoms with Crippen molar-refractivity contribution in [3.05, 3.63) is 83.9 Å². The van der Waals surface area contributed by atoms with Crippen LogP contribution in [0.15, 0.2) is 67.0 Å². The van der Waals surface area contributed by atoms with E-state index in [1.54, 1.807) is 10.9 Å². The number of carbonyl (C=O) groups is 2. The van der Waals surface area contributed by atoms with E-state index >= 15 is 0 Å². The van der Waals surface area contributed by atoms with Gasteiger partial charge < -0.3 is 20.1 Å². The predicted molar refractivity (Wildman–Crippen MR) is 142 cm³/mol. The number of likely N-dealkylation sites (N-methyl/N-ethyl adjacent to an activating group) is 1. The van der Waals surface area contributed by atoms with E-state index in [0.29, 0.717) is 42.9 Å². The van der Waals surface area contributed by atoms with Crippen LogP contribution in [0.1, 0.15) is 53.7 Å². The minimum absolute atomic E-state index is 0.0297. The molecule has 196 valence electrons. The summed E-state index contributed by atoms with van der Waals surface area (Å²) in [5.74, 6) is -0.428. The number of aromatic nitrogens is 4. The molecule has 0 aliphatic carbocycles. The standard InChI is InChI=1S/C28H30N6O4/c1-3-29-27(35)21-14-15-22(38-21)34-17-31-23-24(32-25(28(36)37-2)33-26(23)34)30-16-20(18-10-6-4-7-11-18)19-12-8-5-9-13-19/h4-13,17,20-22H,3,14-16H2,1-2H3,(H,29,35)(H,30,32,33). The number of nitrogens with one attached hydrogen (secondary N) is 2. The van der Waals surface area contributed by atoms with Crippen molar-refractivity contribution in [2.75, 3.05) is 25.5 Å². The number of methoxy groups -OCH3 is 1. The van der Waals surface area contributed by atoms with Gasteiger partial charge in [-0.2, -0.15) is 0 Å². The molecule has 1 amide bonds. The SMILES string of the molecule is CCNC(=O)C1CCC(n2cnc3c(NCC(c4ccccc4)c4ccccc4)nc(C(=O)OC)nc32)O1. The van der Waals surface area contributed by atoms with E-state index in [1.165, 1.54) is 7.11 Å². The number of ether oxygens (including phenoxy) is 2. The second-order valence-electron chi connectivity index (χ2n) is 9.02. The smallest absolute Gasteiger partial charge is 0.376 e. The van der Waals surface area contributed by atoms with E-state index in [0.717, 1.165) is 11.1 Å². The summed E-state index contributed by atoms with van der Waals surface area (Å²) in [5.41, 5.74) is 3.22. The third-order valence-corrected chi connectivity index (χ3v) is 6.62. The van der Waals surface area contributed by atoms with Crippen molar-refractivity contribution >= 4 is 28.9 Å². The molecule has 4 aromatic rings. The fourth-order valence-corrected chi connectivity index (χ4v) is 4.74. The van der Waals surface area contributed by atoms with E-state index in [-0.39, 0.29) is 17.6 Å². The third-order valence-electron chi connectivity index (χ3n) is 6.62. The van der Waals surface area contributed by atoms with Gasteiger partial charge >= 0.3 is 5.97 Å². The summed E-state index contributed by atoms with van der Waals surface area (Å²) >= 11 is 0. The lowest BCUT2D eigenvalue weighted by molar-refractivity contribution is -0.133. The summed E-state index contributed by atoms with van der Waals surface area (Å²) in [7, 11) is 1.29. The predicted octanol–water partition coefficient (Wildman–Crippen LogP) is 3.67. The van der Waals surface area contributed by atoms with E-state index in [9.17, 15) is 9.59 Å². The van der Waals surface area contributed by atoms with E-state index in [2.05, 4.69) is 49.9 Å². The maximum Gasteiger partial charge on any atom is 0.376 e. The topological polar surface area (TPSA) is 120 Å². The van der Waals surface area contributed by atoms with Crippen molar-refractivity contribution < 1.29 is 19.1 Å². The molecule has 2 aromatic carbocycles. The number of esters is 1. The molecule has 0 radical (unpaired) electrons. The highest BCUT2D eigenvalue weighted by Crippen LogP contribution is 2.32. The van der Waals surface area contributed by atoms with Crippen LogP contribution in [0.25, 0.3) is 11.2 Å². The molecular weight excluding hydrogens is 484 g/mol. The zero-order valence-corrected chi connectivity index (χ0v) is 21.3. The number of anilines is 1. The molecular formula is C28H30N6O4. The van der Waals surface area contributed by atoms with Crippen LogP contribution in [0.5, 0.6) is 0 Å². The molecule has 1 aliphatic rings. The average molecular weight is 515 g/mol. The zero-order chi connectivity index (χ0) is 26.5. The highest BCUT2D eigenvalue weighted by molar-refractivity contribution is 5.91. The number of fused-ring (bicyclic) bond motifs is 1. The van der Waals surface area contributed by atoms with E-state index in [1.807, 2.05) is 43.3 Å². The third kappa shape index (κ3) is 5.21. The van der Waals surface area contributed by atoms with Crippen LogP contribution in [0.2, 0.25) is 0 Å². The molecule has 2 atom stereocenters. The van der Waals surface area contributed by atoms with Gasteiger partial charge in [-0.1, -0.05) is 60.7 Å². The molecule has 2 unspecified atom stereocenters. The summed E-state index contributed by atoms with van der Waals surface area (Å²) in [6.45, 7) is 2.91. The number of hydrogen-bond donors (Lipinski definition) is 2. The van der Waals surface area contributed by atoms with Gasteiger partial charge in [0.15, 0.2) is 17.0 Å². The lowest BCUT2D eigenvalue weighted by atomic mass is 9.91. The summed E-state index contributed by atoms with van der Waals surface area (Å²) in [6, 6.07) is 20.4. The van der Waals surface area contributed by atoms with Crippen LogP contribution in [-0.2, 0) is 14.3 Å². The highest BCUT2D eigenvalue weighted by atomic mass is 16.5. The Morgan fingerprint density at radius 3 is 2.37 bits per heavy atom. The fourth-order valence-electron chi connectivity index (χ4n) is 4.74. The number of rotatable bonds is 9. The van der Waals surface area contributed by atoms with Gasteiger partial charge in [0, 0.05) is 19.0 Å². The van der Waals surface area contributed by atoms with Crippen molar-refractivity contribution in [3.8, 4) is 0 Å². The Morgan fingerprint density at radius 1 is 1.05 bits per heavy atom. The van der Waals surface area contributed by atoms with Gasteiger partial charge in [0.1, 0.15) is 12.3 Å². The largest absolute Gasteiger partial charge is 0.463 e. The molecule has 3 heterocycles. The molecule has 2 aromatic heterocycles. The Kier molecular flexibility index (Phi) is 7.60. The van der Waals surface area contributed by atoms with Crippen molar-refractivity contribution in [1.82, 2.24) is 24.8 Å². The quantitative estimate of drug-likeness (QED) is 0.325. The Hall–Kier alpha value is -4.31. The normalized spacial score (nSPS) is 17.0. The van der Waals surface area contributed by atoms with Crippen molar-refractivity contribution in [1.29, 1.82) is 0 Å². The van der Waals surface area contributed by atoms with Crippen LogP contribution in [0.4, 0.5) is 5.82 Å².